The Labute approximate surface area is 119 Å². The Hall–Kier alpha value is -1.69. The monoisotopic (exact) mass is 277 g/mol. The molecule has 2 rings (SSSR count). The summed E-state index contributed by atoms with van der Waals surface area (Å²) in [5, 5.41) is 10.9. The fourth-order valence-corrected chi connectivity index (χ4v) is 2.74. The Morgan fingerprint density at radius 3 is 2.90 bits per heavy atom. The van der Waals surface area contributed by atoms with Gasteiger partial charge in [0, 0.05) is 25.7 Å². The summed E-state index contributed by atoms with van der Waals surface area (Å²) in [5.74, 6) is 1.17. The van der Waals surface area contributed by atoms with Gasteiger partial charge in [-0.1, -0.05) is 6.92 Å². The highest BCUT2D eigenvalue weighted by Crippen LogP contribution is 2.26. The molecule has 2 heterocycles. The third kappa shape index (κ3) is 3.07. The van der Waals surface area contributed by atoms with E-state index in [9.17, 15) is 4.79 Å². The predicted octanol–water partition coefficient (Wildman–Crippen LogP) is 0.790. The molecule has 0 bridgehead atoms. The van der Waals surface area contributed by atoms with Crippen LogP contribution in [0.5, 0.6) is 0 Å². The molecular weight excluding hydrogens is 254 g/mol. The lowest BCUT2D eigenvalue weighted by Gasteiger charge is -2.40. The SMILES string of the molecule is CCNC(=O)c1ccc(N2CCCC(C)C2CN)nn1. The fourth-order valence-electron chi connectivity index (χ4n) is 2.74. The van der Waals surface area contributed by atoms with Crippen LogP contribution in [-0.2, 0) is 0 Å². The molecule has 2 unspecified atom stereocenters. The molecule has 0 radical (unpaired) electrons. The minimum atomic E-state index is -0.186. The molecule has 1 aliphatic rings. The molecule has 1 aromatic heterocycles. The van der Waals surface area contributed by atoms with Crippen LogP contribution >= 0.6 is 0 Å². The molecular formula is C14H23N5O. The van der Waals surface area contributed by atoms with E-state index in [0.29, 0.717) is 30.7 Å². The van der Waals surface area contributed by atoms with Gasteiger partial charge in [0.15, 0.2) is 11.5 Å². The highest BCUT2D eigenvalue weighted by molar-refractivity contribution is 5.92. The molecule has 1 aromatic rings. The molecule has 1 amide bonds. The van der Waals surface area contributed by atoms with Crippen LogP contribution < -0.4 is 16.0 Å². The lowest BCUT2D eigenvalue weighted by molar-refractivity contribution is 0.0950. The zero-order valence-corrected chi connectivity index (χ0v) is 12.2. The van der Waals surface area contributed by atoms with Crippen molar-refractivity contribution in [1.29, 1.82) is 0 Å². The van der Waals surface area contributed by atoms with Crippen molar-refractivity contribution in [3.8, 4) is 0 Å². The summed E-state index contributed by atoms with van der Waals surface area (Å²) in [7, 11) is 0. The largest absolute Gasteiger partial charge is 0.351 e. The predicted molar refractivity (Wildman–Crippen MR) is 78.6 cm³/mol. The van der Waals surface area contributed by atoms with Gasteiger partial charge in [0.1, 0.15) is 0 Å². The summed E-state index contributed by atoms with van der Waals surface area (Å²) in [6, 6.07) is 3.88. The van der Waals surface area contributed by atoms with E-state index >= 15 is 0 Å². The van der Waals surface area contributed by atoms with Crippen LogP contribution in [0.2, 0.25) is 0 Å². The molecule has 1 fully saturated rings. The Bertz CT molecular complexity index is 447. The van der Waals surface area contributed by atoms with Crippen molar-refractivity contribution in [2.45, 2.75) is 32.7 Å². The molecule has 1 aliphatic heterocycles. The summed E-state index contributed by atoms with van der Waals surface area (Å²) in [4.78, 5) is 13.9. The quantitative estimate of drug-likeness (QED) is 0.850. The van der Waals surface area contributed by atoms with Gasteiger partial charge in [-0.25, -0.2) is 0 Å². The number of hydrogen-bond acceptors (Lipinski definition) is 5. The molecule has 0 saturated carbocycles. The summed E-state index contributed by atoms with van der Waals surface area (Å²) >= 11 is 0. The van der Waals surface area contributed by atoms with E-state index in [1.54, 1.807) is 6.07 Å². The number of nitrogens with one attached hydrogen (secondary N) is 1. The zero-order chi connectivity index (χ0) is 14.5. The second-order valence-electron chi connectivity index (χ2n) is 5.25. The molecule has 0 aliphatic carbocycles. The van der Waals surface area contributed by atoms with Crippen LogP contribution in [0.25, 0.3) is 0 Å². The number of amides is 1. The molecule has 0 spiro atoms. The summed E-state index contributed by atoms with van der Waals surface area (Å²) in [6.07, 6.45) is 2.33. The number of hydrogen-bond donors (Lipinski definition) is 2. The lowest BCUT2D eigenvalue weighted by Crippen LogP contribution is -2.49. The Morgan fingerprint density at radius 1 is 1.50 bits per heavy atom. The fraction of sp³-hybridized carbons (Fsp3) is 0.643. The van der Waals surface area contributed by atoms with Crippen molar-refractivity contribution in [1.82, 2.24) is 15.5 Å². The molecule has 20 heavy (non-hydrogen) atoms. The van der Waals surface area contributed by atoms with Gasteiger partial charge in [0.05, 0.1) is 0 Å². The van der Waals surface area contributed by atoms with E-state index in [1.807, 2.05) is 13.0 Å². The number of anilines is 1. The van der Waals surface area contributed by atoms with Gasteiger partial charge < -0.3 is 16.0 Å². The smallest absolute Gasteiger partial charge is 0.271 e. The number of piperidine rings is 1. The van der Waals surface area contributed by atoms with Gasteiger partial charge in [0.25, 0.3) is 5.91 Å². The summed E-state index contributed by atoms with van der Waals surface area (Å²) < 4.78 is 0. The van der Waals surface area contributed by atoms with Crippen molar-refractivity contribution < 1.29 is 4.79 Å². The molecule has 110 valence electrons. The maximum atomic E-state index is 11.7. The van der Waals surface area contributed by atoms with E-state index in [2.05, 4.69) is 27.3 Å². The number of rotatable bonds is 4. The van der Waals surface area contributed by atoms with Crippen LogP contribution in [0.4, 0.5) is 5.82 Å². The molecule has 6 nitrogen and oxygen atoms in total. The first kappa shape index (κ1) is 14.7. The second kappa shape index (κ2) is 6.65. The average Bonchev–Trinajstić information content (AvgIpc) is 2.47. The van der Waals surface area contributed by atoms with Gasteiger partial charge >= 0.3 is 0 Å². The van der Waals surface area contributed by atoms with Crippen LogP contribution in [-0.4, -0.2) is 41.8 Å². The highest BCUT2D eigenvalue weighted by atomic mass is 16.1. The van der Waals surface area contributed by atoms with E-state index in [-0.39, 0.29) is 5.91 Å². The highest BCUT2D eigenvalue weighted by Gasteiger charge is 2.28. The number of nitrogens with zero attached hydrogens (tertiary/aromatic N) is 3. The number of carbonyl (C=O) groups excluding carboxylic acids is 1. The van der Waals surface area contributed by atoms with Crippen LogP contribution in [0.3, 0.4) is 0 Å². The van der Waals surface area contributed by atoms with E-state index in [1.165, 1.54) is 6.42 Å². The van der Waals surface area contributed by atoms with E-state index < -0.39 is 0 Å². The van der Waals surface area contributed by atoms with Gasteiger partial charge in [-0.2, -0.15) is 0 Å². The van der Waals surface area contributed by atoms with Crippen molar-refractivity contribution in [2.75, 3.05) is 24.5 Å². The van der Waals surface area contributed by atoms with Crippen molar-refractivity contribution in [3.63, 3.8) is 0 Å². The topological polar surface area (TPSA) is 84.1 Å². The number of nitrogens with two attached hydrogens (primary N) is 1. The normalized spacial score (nSPS) is 22.6. The third-order valence-corrected chi connectivity index (χ3v) is 3.87. The third-order valence-electron chi connectivity index (χ3n) is 3.87. The minimum Gasteiger partial charge on any atom is -0.351 e. The molecule has 3 N–H and O–H groups in total. The van der Waals surface area contributed by atoms with Gasteiger partial charge in [-0.15, -0.1) is 10.2 Å². The van der Waals surface area contributed by atoms with Gasteiger partial charge in [-0.05, 0) is 37.8 Å². The molecule has 2 atom stereocenters. The number of carbonyl (C=O) groups is 1. The first-order valence-electron chi connectivity index (χ1n) is 7.26. The number of aromatic nitrogens is 2. The molecule has 6 heteroatoms. The van der Waals surface area contributed by atoms with E-state index in [4.69, 9.17) is 5.73 Å². The van der Waals surface area contributed by atoms with Gasteiger partial charge in [0.2, 0.25) is 0 Å². The average molecular weight is 277 g/mol. The first-order valence-corrected chi connectivity index (χ1v) is 7.26. The minimum absolute atomic E-state index is 0.186. The van der Waals surface area contributed by atoms with E-state index in [0.717, 1.165) is 18.8 Å². The van der Waals surface area contributed by atoms with Crippen LogP contribution in [0.15, 0.2) is 12.1 Å². The zero-order valence-electron chi connectivity index (χ0n) is 12.2. The molecule has 0 aromatic carbocycles. The summed E-state index contributed by atoms with van der Waals surface area (Å²) in [6.45, 7) is 6.24. The Morgan fingerprint density at radius 2 is 2.30 bits per heavy atom. The standard InChI is InChI=1S/C14H23N5O/c1-3-16-14(20)11-6-7-13(18-17-11)19-8-4-5-10(2)12(19)9-15/h6-7,10,12H,3-5,8-9,15H2,1-2H3,(H,16,20). The van der Waals surface area contributed by atoms with Crippen molar-refractivity contribution in [3.05, 3.63) is 17.8 Å². The first-order chi connectivity index (χ1) is 9.67. The maximum Gasteiger partial charge on any atom is 0.271 e. The van der Waals surface area contributed by atoms with Crippen LogP contribution in [0.1, 0.15) is 37.2 Å². The molecule has 1 saturated heterocycles. The van der Waals surface area contributed by atoms with Crippen molar-refractivity contribution in [2.24, 2.45) is 11.7 Å². The maximum absolute atomic E-state index is 11.7. The van der Waals surface area contributed by atoms with Crippen LogP contribution in [0, 0.1) is 5.92 Å². The van der Waals surface area contributed by atoms with Gasteiger partial charge in [-0.3, -0.25) is 4.79 Å². The second-order valence-corrected chi connectivity index (χ2v) is 5.25. The Balaban J connectivity index is 2.14. The summed E-state index contributed by atoms with van der Waals surface area (Å²) in [5.41, 5.74) is 6.24. The van der Waals surface area contributed by atoms with Crippen molar-refractivity contribution >= 4 is 11.7 Å². The Kier molecular flexibility index (Phi) is 4.89. The lowest BCUT2D eigenvalue weighted by atomic mass is 9.91.